The van der Waals surface area contributed by atoms with Crippen LogP contribution in [0.1, 0.15) is 52.0 Å². The van der Waals surface area contributed by atoms with Crippen molar-refractivity contribution in [2.75, 3.05) is 18.4 Å². The number of amides is 1. The molecule has 0 saturated carbocycles. The third kappa shape index (κ3) is 3.55. The number of anilines is 1. The van der Waals surface area contributed by atoms with Gasteiger partial charge >= 0.3 is 0 Å². The summed E-state index contributed by atoms with van der Waals surface area (Å²) in [4.78, 5) is 14.6. The van der Waals surface area contributed by atoms with Gasteiger partial charge in [0.25, 0.3) is 0 Å². The van der Waals surface area contributed by atoms with Crippen molar-refractivity contribution in [3.63, 3.8) is 0 Å². The van der Waals surface area contributed by atoms with Crippen LogP contribution in [-0.4, -0.2) is 40.1 Å². The quantitative estimate of drug-likeness (QED) is 0.928. The third-order valence-electron chi connectivity index (χ3n) is 3.47. The number of nitrogens with zero attached hydrogens (tertiary/aromatic N) is 3. The molecule has 112 valence electrons. The average molecular weight is 296 g/mol. The van der Waals surface area contributed by atoms with Gasteiger partial charge in [0.2, 0.25) is 11.0 Å². The molecular weight excluding hydrogens is 272 g/mol. The van der Waals surface area contributed by atoms with Gasteiger partial charge < -0.3 is 0 Å². The van der Waals surface area contributed by atoms with E-state index in [1.807, 2.05) is 0 Å². The maximum Gasteiger partial charge on any atom is 0.243 e. The Labute approximate surface area is 124 Å². The zero-order valence-corrected chi connectivity index (χ0v) is 13.6. The molecule has 0 unspecified atom stereocenters. The van der Waals surface area contributed by atoms with Gasteiger partial charge in [0, 0.05) is 5.41 Å². The molecule has 1 fully saturated rings. The number of carbonyl (C=O) groups is 1. The number of carbonyl (C=O) groups excluding carboxylic acids is 1. The van der Waals surface area contributed by atoms with E-state index in [0.29, 0.717) is 5.13 Å². The SMILES string of the molecule is CCCN1CCC[C@H]1C(=O)Nc1nnc(C(C)(C)C)s1. The van der Waals surface area contributed by atoms with Crippen LogP contribution in [0.3, 0.4) is 0 Å². The van der Waals surface area contributed by atoms with Crippen LogP contribution in [0.4, 0.5) is 5.13 Å². The first kappa shape index (κ1) is 15.4. The molecule has 1 atom stereocenters. The summed E-state index contributed by atoms with van der Waals surface area (Å²) in [6.45, 7) is 10.4. The summed E-state index contributed by atoms with van der Waals surface area (Å²) in [7, 11) is 0. The fourth-order valence-corrected chi connectivity index (χ4v) is 3.25. The van der Waals surface area contributed by atoms with Gasteiger partial charge in [-0.1, -0.05) is 39.0 Å². The van der Waals surface area contributed by atoms with E-state index in [0.717, 1.165) is 37.4 Å². The van der Waals surface area contributed by atoms with E-state index in [9.17, 15) is 4.79 Å². The number of nitrogens with one attached hydrogen (secondary N) is 1. The molecule has 20 heavy (non-hydrogen) atoms. The van der Waals surface area contributed by atoms with E-state index >= 15 is 0 Å². The molecule has 1 saturated heterocycles. The van der Waals surface area contributed by atoms with Gasteiger partial charge in [0.1, 0.15) is 5.01 Å². The molecule has 1 aromatic rings. The zero-order valence-electron chi connectivity index (χ0n) is 12.8. The van der Waals surface area contributed by atoms with Gasteiger partial charge in [0.15, 0.2) is 0 Å². The lowest BCUT2D eigenvalue weighted by Crippen LogP contribution is -2.39. The number of rotatable bonds is 4. The van der Waals surface area contributed by atoms with Crippen LogP contribution >= 0.6 is 11.3 Å². The monoisotopic (exact) mass is 296 g/mol. The van der Waals surface area contributed by atoms with E-state index in [4.69, 9.17) is 0 Å². The highest BCUT2D eigenvalue weighted by Gasteiger charge is 2.30. The van der Waals surface area contributed by atoms with Gasteiger partial charge in [-0.25, -0.2) is 0 Å². The first-order valence-electron chi connectivity index (χ1n) is 7.30. The molecule has 0 aliphatic carbocycles. The van der Waals surface area contributed by atoms with E-state index in [1.54, 1.807) is 0 Å². The fraction of sp³-hybridized carbons (Fsp3) is 0.786. The summed E-state index contributed by atoms with van der Waals surface area (Å²) >= 11 is 1.47. The van der Waals surface area contributed by atoms with E-state index in [1.165, 1.54) is 11.3 Å². The summed E-state index contributed by atoms with van der Waals surface area (Å²) in [6, 6.07) is -0.00284. The molecule has 1 aliphatic heterocycles. The summed E-state index contributed by atoms with van der Waals surface area (Å²) in [6.07, 6.45) is 3.12. The molecule has 5 nitrogen and oxygen atoms in total. The van der Waals surface area contributed by atoms with Crippen molar-refractivity contribution in [2.24, 2.45) is 0 Å². The van der Waals surface area contributed by atoms with Crippen LogP contribution in [0.25, 0.3) is 0 Å². The largest absolute Gasteiger partial charge is 0.299 e. The third-order valence-corrected chi connectivity index (χ3v) is 4.74. The summed E-state index contributed by atoms with van der Waals surface area (Å²) in [5, 5.41) is 12.7. The minimum Gasteiger partial charge on any atom is -0.299 e. The topological polar surface area (TPSA) is 58.1 Å². The van der Waals surface area contributed by atoms with E-state index in [-0.39, 0.29) is 17.4 Å². The Morgan fingerprint density at radius 3 is 2.80 bits per heavy atom. The predicted molar refractivity (Wildman–Crippen MR) is 82.1 cm³/mol. The van der Waals surface area contributed by atoms with Gasteiger partial charge in [-0.15, -0.1) is 10.2 Å². The molecular formula is C14H24N4OS. The first-order chi connectivity index (χ1) is 9.41. The maximum atomic E-state index is 12.3. The van der Waals surface area contributed by atoms with Crippen molar-refractivity contribution < 1.29 is 4.79 Å². The molecule has 1 aromatic heterocycles. The lowest BCUT2D eigenvalue weighted by atomic mass is 9.98. The van der Waals surface area contributed by atoms with Crippen molar-refractivity contribution in [1.29, 1.82) is 0 Å². The Hall–Kier alpha value is -1.01. The standard InChI is InChI=1S/C14H24N4OS/c1-5-8-18-9-6-7-10(18)11(19)15-13-17-16-12(20-13)14(2,3)4/h10H,5-9H2,1-4H3,(H,15,17,19)/t10-/m0/s1. The minimum absolute atomic E-state index is 0.00284. The van der Waals surface area contributed by atoms with Gasteiger partial charge in [-0.05, 0) is 32.4 Å². The highest BCUT2D eigenvalue weighted by atomic mass is 32.1. The molecule has 1 amide bonds. The molecule has 2 heterocycles. The van der Waals surface area contributed by atoms with Crippen molar-refractivity contribution >= 4 is 22.4 Å². The summed E-state index contributed by atoms with van der Waals surface area (Å²) in [5.41, 5.74) is -0.0255. The Morgan fingerprint density at radius 2 is 2.20 bits per heavy atom. The average Bonchev–Trinajstić information content (AvgIpc) is 2.97. The fourth-order valence-electron chi connectivity index (χ4n) is 2.44. The zero-order chi connectivity index (χ0) is 14.8. The highest BCUT2D eigenvalue weighted by molar-refractivity contribution is 7.15. The Kier molecular flexibility index (Phi) is 4.75. The van der Waals surface area contributed by atoms with Crippen LogP contribution in [0.2, 0.25) is 0 Å². The summed E-state index contributed by atoms with van der Waals surface area (Å²) in [5.74, 6) is 0.0626. The molecule has 0 aromatic carbocycles. The Balaban J connectivity index is 1.99. The smallest absolute Gasteiger partial charge is 0.243 e. The van der Waals surface area contributed by atoms with Crippen molar-refractivity contribution in [3.05, 3.63) is 5.01 Å². The van der Waals surface area contributed by atoms with Crippen molar-refractivity contribution in [1.82, 2.24) is 15.1 Å². The number of aromatic nitrogens is 2. The van der Waals surface area contributed by atoms with Gasteiger partial charge in [-0.2, -0.15) is 0 Å². The molecule has 0 spiro atoms. The van der Waals surface area contributed by atoms with E-state index in [2.05, 4.69) is 48.1 Å². The molecule has 0 radical (unpaired) electrons. The molecule has 6 heteroatoms. The van der Waals surface area contributed by atoms with Crippen LogP contribution < -0.4 is 5.32 Å². The lowest BCUT2D eigenvalue weighted by Gasteiger charge is -2.22. The number of likely N-dealkylation sites (tertiary alicyclic amines) is 1. The molecule has 1 aliphatic rings. The molecule has 2 rings (SSSR count). The molecule has 1 N–H and O–H groups in total. The van der Waals surface area contributed by atoms with Crippen molar-refractivity contribution in [2.45, 2.75) is 58.4 Å². The lowest BCUT2D eigenvalue weighted by molar-refractivity contribution is -0.120. The first-order valence-corrected chi connectivity index (χ1v) is 8.12. The van der Waals surface area contributed by atoms with Crippen LogP contribution in [0, 0.1) is 0 Å². The second kappa shape index (κ2) is 6.18. The van der Waals surface area contributed by atoms with Gasteiger partial charge in [0.05, 0.1) is 6.04 Å². The van der Waals surface area contributed by atoms with Crippen LogP contribution in [0.5, 0.6) is 0 Å². The predicted octanol–water partition coefficient (Wildman–Crippen LogP) is 2.65. The highest BCUT2D eigenvalue weighted by Crippen LogP contribution is 2.28. The number of hydrogen-bond donors (Lipinski definition) is 1. The second-order valence-electron chi connectivity index (χ2n) is 6.35. The normalized spacial score (nSPS) is 20.3. The molecule has 0 bridgehead atoms. The second-order valence-corrected chi connectivity index (χ2v) is 7.32. The van der Waals surface area contributed by atoms with Gasteiger partial charge in [-0.3, -0.25) is 15.0 Å². The van der Waals surface area contributed by atoms with Crippen LogP contribution in [0.15, 0.2) is 0 Å². The van der Waals surface area contributed by atoms with Crippen molar-refractivity contribution in [3.8, 4) is 0 Å². The summed E-state index contributed by atoms with van der Waals surface area (Å²) < 4.78 is 0. The minimum atomic E-state index is -0.0255. The Morgan fingerprint density at radius 1 is 1.45 bits per heavy atom. The number of hydrogen-bond acceptors (Lipinski definition) is 5. The maximum absolute atomic E-state index is 12.3. The Bertz CT molecular complexity index is 466. The van der Waals surface area contributed by atoms with Crippen LogP contribution in [-0.2, 0) is 10.2 Å². The van der Waals surface area contributed by atoms with E-state index < -0.39 is 0 Å².